The molecule has 0 fully saturated rings. The van der Waals surface area contributed by atoms with Crippen LogP contribution in [0.25, 0.3) is 0 Å². The molecule has 0 aliphatic carbocycles. The number of aliphatic hydroxyl groups is 2. The van der Waals surface area contributed by atoms with Gasteiger partial charge in [-0.1, -0.05) is 11.8 Å². The van der Waals surface area contributed by atoms with Crippen LogP contribution in [-0.2, 0) is 11.8 Å². The van der Waals surface area contributed by atoms with Gasteiger partial charge in [0.2, 0.25) is 0 Å². The Balaban J connectivity index is 2.57. The second-order valence-electron chi connectivity index (χ2n) is 3.36. The van der Waals surface area contributed by atoms with E-state index < -0.39 is 12.2 Å². The number of aromatic nitrogens is 1. The van der Waals surface area contributed by atoms with Gasteiger partial charge in [-0.05, 0) is 12.1 Å². The molecular weight excluding hydrogens is 214 g/mol. The summed E-state index contributed by atoms with van der Waals surface area (Å²) in [5, 5.41) is 19.3. The number of hydrogen-bond acceptors (Lipinski definition) is 4. The molecule has 0 spiro atoms. The highest BCUT2D eigenvalue weighted by Gasteiger charge is 2.20. The summed E-state index contributed by atoms with van der Waals surface area (Å²) in [5.74, 6) is 0.210. The molecule has 4 nitrogen and oxygen atoms in total. The Morgan fingerprint density at radius 3 is 2.73 bits per heavy atom. The first-order valence-corrected chi connectivity index (χ1v) is 5.61. The number of carbonyl (C=O) groups excluding carboxylic acids is 1. The van der Waals surface area contributed by atoms with Gasteiger partial charge in [0.25, 0.3) is 0 Å². The fraction of sp³-hybridized carbons (Fsp3) is 0.500. The average molecular weight is 229 g/mol. The van der Waals surface area contributed by atoms with Gasteiger partial charge in [-0.25, -0.2) is 0 Å². The third-order valence-corrected chi connectivity index (χ3v) is 3.02. The first kappa shape index (κ1) is 12.3. The maximum atomic E-state index is 10.7. The number of thioether (sulfide) groups is 1. The topological polar surface area (TPSA) is 62.5 Å². The van der Waals surface area contributed by atoms with Crippen molar-refractivity contribution < 1.29 is 15.0 Å². The van der Waals surface area contributed by atoms with Crippen molar-refractivity contribution in [3.05, 3.63) is 24.0 Å². The summed E-state index contributed by atoms with van der Waals surface area (Å²) in [6.45, 7) is 1.44. The van der Waals surface area contributed by atoms with Gasteiger partial charge >= 0.3 is 0 Å². The Morgan fingerprint density at radius 2 is 2.27 bits per heavy atom. The van der Waals surface area contributed by atoms with Crippen molar-refractivity contribution in [1.29, 1.82) is 0 Å². The van der Waals surface area contributed by atoms with Crippen molar-refractivity contribution in [3.8, 4) is 0 Å². The van der Waals surface area contributed by atoms with Crippen molar-refractivity contribution >= 4 is 16.9 Å². The molecule has 0 radical (unpaired) electrons. The molecule has 1 aromatic rings. The Bertz CT molecular complexity index is 337. The number of rotatable bonds is 4. The summed E-state index contributed by atoms with van der Waals surface area (Å²) < 4.78 is 1.74. The number of carbonyl (C=O) groups is 1. The fourth-order valence-electron chi connectivity index (χ4n) is 1.27. The lowest BCUT2D eigenvalue weighted by molar-refractivity contribution is -0.109. The van der Waals surface area contributed by atoms with Crippen molar-refractivity contribution in [2.24, 2.45) is 7.05 Å². The van der Waals surface area contributed by atoms with Gasteiger partial charge in [0, 0.05) is 31.6 Å². The molecule has 2 atom stereocenters. The van der Waals surface area contributed by atoms with E-state index in [9.17, 15) is 15.0 Å². The van der Waals surface area contributed by atoms with Crippen LogP contribution in [0.2, 0.25) is 0 Å². The van der Waals surface area contributed by atoms with Crippen molar-refractivity contribution in [1.82, 2.24) is 4.57 Å². The van der Waals surface area contributed by atoms with Gasteiger partial charge in [-0.3, -0.25) is 4.79 Å². The van der Waals surface area contributed by atoms with E-state index in [0.29, 0.717) is 5.69 Å². The zero-order chi connectivity index (χ0) is 11.4. The van der Waals surface area contributed by atoms with Crippen LogP contribution in [-0.4, -0.2) is 31.8 Å². The highest BCUT2D eigenvalue weighted by molar-refractivity contribution is 8.13. The molecule has 2 unspecified atom stereocenters. The summed E-state index contributed by atoms with van der Waals surface area (Å²) in [5.41, 5.74) is 0.645. The Kier molecular flexibility index (Phi) is 4.38. The summed E-state index contributed by atoms with van der Waals surface area (Å²) in [4.78, 5) is 10.7. The van der Waals surface area contributed by atoms with Crippen LogP contribution < -0.4 is 0 Å². The molecule has 5 heteroatoms. The van der Waals surface area contributed by atoms with Gasteiger partial charge in [0.15, 0.2) is 5.12 Å². The normalized spacial score (nSPS) is 14.9. The lowest BCUT2D eigenvalue weighted by Crippen LogP contribution is -2.23. The van der Waals surface area contributed by atoms with Crippen LogP contribution in [0.3, 0.4) is 0 Å². The van der Waals surface area contributed by atoms with Crippen LogP contribution in [0.4, 0.5) is 0 Å². The van der Waals surface area contributed by atoms with Gasteiger partial charge in [0.05, 0.1) is 6.10 Å². The second-order valence-corrected chi connectivity index (χ2v) is 4.56. The molecular formula is C10H15NO3S. The van der Waals surface area contributed by atoms with E-state index in [0.717, 1.165) is 11.8 Å². The third kappa shape index (κ3) is 3.37. The average Bonchev–Trinajstić information content (AvgIpc) is 2.59. The highest BCUT2D eigenvalue weighted by Crippen LogP contribution is 2.19. The zero-order valence-corrected chi connectivity index (χ0v) is 9.57. The first-order valence-electron chi connectivity index (χ1n) is 4.63. The van der Waals surface area contributed by atoms with E-state index in [1.54, 1.807) is 29.9 Å². The molecule has 0 amide bonds. The summed E-state index contributed by atoms with van der Waals surface area (Å²) in [6.07, 6.45) is -0.0759. The molecule has 0 aliphatic heterocycles. The monoisotopic (exact) mass is 229 g/mol. The van der Waals surface area contributed by atoms with Crippen LogP contribution in [0.15, 0.2) is 18.3 Å². The molecule has 1 heterocycles. The van der Waals surface area contributed by atoms with E-state index in [1.165, 1.54) is 6.92 Å². The number of hydrogen-bond donors (Lipinski definition) is 2. The maximum absolute atomic E-state index is 10.7. The van der Waals surface area contributed by atoms with Crippen molar-refractivity contribution in [3.63, 3.8) is 0 Å². The summed E-state index contributed by atoms with van der Waals surface area (Å²) >= 11 is 1.01. The molecule has 2 N–H and O–H groups in total. The summed E-state index contributed by atoms with van der Waals surface area (Å²) in [6, 6.07) is 3.54. The molecule has 0 saturated heterocycles. The smallest absolute Gasteiger partial charge is 0.185 e. The van der Waals surface area contributed by atoms with Gasteiger partial charge < -0.3 is 14.8 Å². The van der Waals surface area contributed by atoms with E-state index in [2.05, 4.69) is 0 Å². The molecule has 1 aromatic heterocycles. The molecule has 0 aliphatic rings. The largest absolute Gasteiger partial charge is 0.389 e. The van der Waals surface area contributed by atoms with E-state index in [4.69, 9.17) is 0 Å². The molecule has 1 rings (SSSR count). The van der Waals surface area contributed by atoms with Gasteiger partial charge in [-0.2, -0.15) is 0 Å². The van der Waals surface area contributed by atoms with E-state index in [-0.39, 0.29) is 10.9 Å². The second kappa shape index (κ2) is 5.34. The van der Waals surface area contributed by atoms with Crippen LogP contribution >= 0.6 is 11.8 Å². The number of aryl methyl sites for hydroxylation is 1. The van der Waals surface area contributed by atoms with Gasteiger partial charge in [0.1, 0.15) is 6.10 Å². The van der Waals surface area contributed by atoms with Crippen molar-refractivity contribution in [2.45, 2.75) is 19.1 Å². The molecule has 0 saturated carbocycles. The SMILES string of the molecule is CC(=O)SCC(O)C(O)c1cccn1C. The minimum Gasteiger partial charge on any atom is -0.389 e. The lowest BCUT2D eigenvalue weighted by atomic mass is 10.1. The molecule has 0 aromatic carbocycles. The predicted molar refractivity (Wildman–Crippen MR) is 59.5 cm³/mol. The lowest BCUT2D eigenvalue weighted by Gasteiger charge is -2.17. The molecule has 84 valence electrons. The number of nitrogens with zero attached hydrogens (tertiary/aromatic N) is 1. The molecule has 15 heavy (non-hydrogen) atoms. The van der Waals surface area contributed by atoms with E-state index >= 15 is 0 Å². The minimum atomic E-state index is -0.947. The van der Waals surface area contributed by atoms with Crippen LogP contribution in [0.5, 0.6) is 0 Å². The maximum Gasteiger partial charge on any atom is 0.185 e. The minimum absolute atomic E-state index is 0.0619. The third-order valence-electron chi connectivity index (χ3n) is 2.11. The highest BCUT2D eigenvalue weighted by atomic mass is 32.2. The van der Waals surface area contributed by atoms with E-state index in [1.807, 2.05) is 0 Å². The predicted octanol–water partition coefficient (Wildman–Crippen LogP) is 0.699. The number of aliphatic hydroxyl groups excluding tert-OH is 2. The van der Waals surface area contributed by atoms with Crippen molar-refractivity contribution in [2.75, 3.05) is 5.75 Å². The Labute approximate surface area is 92.9 Å². The zero-order valence-electron chi connectivity index (χ0n) is 8.75. The fourth-order valence-corrected chi connectivity index (χ4v) is 1.86. The molecule has 0 bridgehead atoms. The quantitative estimate of drug-likeness (QED) is 0.797. The Hall–Kier alpha value is -0.780. The van der Waals surface area contributed by atoms with Crippen LogP contribution in [0, 0.1) is 0 Å². The van der Waals surface area contributed by atoms with Crippen LogP contribution in [0.1, 0.15) is 18.7 Å². The summed E-state index contributed by atoms with van der Waals surface area (Å²) in [7, 11) is 1.80. The standard InChI is InChI=1S/C10H15NO3S/c1-7(12)15-6-9(13)10(14)8-4-3-5-11(8)2/h3-5,9-10,13-14H,6H2,1-2H3. The first-order chi connectivity index (χ1) is 7.02. The Morgan fingerprint density at radius 1 is 1.60 bits per heavy atom. The van der Waals surface area contributed by atoms with Gasteiger partial charge in [-0.15, -0.1) is 0 Å².